The third-order valence-electron chi connectivity index (χ3n) is 2.83. The number of esters is 1. The van der Waals surface area contributed by atoms with E-state index >= 15 is 0 Å². The van der Waals surface area contributed by atoms with E-state index in [2.05, 4.69) is 15.3 Å². The third kappa shape index (κ3) is 3.76. The van der Waals surface area contributed by atoms with E-state index in [1.54, 1.807) is 30.3 Å². The molecule has 0 aromatic heterocycles. The molecular weight excluding hydrogens is 287 g/mol. The molecule has 2 aromatic carbocycles. The Morgan fingerprint density at radius 3 is 2.45 bits per heavy atom. The van der Waals surface area contributed by atoms with Crippen molar-refractivity contribution in [3.63, 3.8) is 0 Å². The summed E-state index contributed by atoms with van der Waals surface area (Å²) in [5.41, 5.74) is 3.23. The maximum Gasteiger partial charge on any atom is 0.337 e. The summed E-state index contributed by atoms with van der Waals surface area (Å²) in [6, 6.07) is 12.1. The second-order valence-electron chi connectivity index (χ2n) is 4.29. The van der Waals surface area contributed by atoms with Crippen LogP contribution in [-0.2, 0) is 4.74 Å². The van der Waals surface area contributed by atoms with Crippen LogP contribution in [0.15, 0.2) is 53.6 Å². The van der Waals surface area contributed by atoms with E-state index in [1.807, 2.05) is 0 Å². The van der Waals surface area contributed by atoms with Crippen LogP contribution in [0, 0.1) is 5.82 Å². The van der Waals surface area contributed by atoms with Gasteiger partial charge in [0.25, 0.3) is 5.91 Å². The Kier molecular flexibility index (Phi) is 4.98. The van der Waals surface area contributed by atoms with Crippen LogP contribution < -0.4 is 5.43 Å². The molecule has 0 saturated carbocycles. The highest BCUT2D eigenvalue weighted by atomic mass is 19.1. The normalized spacial score (nSPS) is 10.5. The molecule has 0 aliphatic rings. The molecule has 0 spiro atoms. The first-order valence-corrected chi connectivity index (χ1v) is 6.38. The van der Waals surface area contributed by atoms with E-state index < -0.39 is 17.7 Å². The Hall–Kier alpha value is -3.02. The Balaban J connectivity index is 1.99. The minimum atomic E-state index is -0.638. The van der Waals surface area contributed by atoms with E-state index in [-0.39, 0.29) is 5.56 Å². The van der Waals surface area contributed by atoms with Gasteiger partial charge >= 0.3 is 5.97 Å². The van der Waals surface area contributed by atoms with E-state index in [0.717, 1.165) is 0 Å². The molecule has 0 unspecified atom stereocenters. The van der Waals surface area contributed by atoms with Gasteiger partial charge in [0.2, 0.25) is 0 Å². The fourth-order valence-electron chi connectivity index (χ4n) is 1.69. The number of benzene rings is 2. The predicted molar refractivity (Wildman–Crippen MR) is 79.2 cm³/mol. The molecule has 2 rings (SSSR count). The highest BCUT2D eigenvalue weighted by Gasteiger charge is 2.09. The lowest BCUT2D eigenvalue weighted by molar-refractivity contribution is 0.0600. The molecule has 0 saturated heterocycles. The molecule has 0 fully saturated rings. The number of hydrogen-bond acceptors (Lipinski definition) is 4. The van der Waals surface area contributed by atoms with Crippen molar-refractivity contribution in [2.24, 2.45) is 5.10 Å². The number of hydrazone groups is 1. The lowest BCUT2D eigenvalue weighted by atomic mass is 10.1. The van der Waals surface area contributed by atoms with Crippen LogP contribution >= 0.6 is 0 Å². The number of nitrogens with zero attached hydrogens (tertiary/aromatic N) is 1. The number of ether oxygens (including phenoxy) is 1. The molecule has 5 nitrogen and oxygen atoms in total. The maximum atomic E-state index is 13.4. The lowest BCUT2D eigenvalue weighted by Crippen LogP contribution is -2.18. The summed E-state index contributed by atoms with van der Waals surface area (Å²) in [6.07, 6.45) is 1.39. The van der Waals surface area contributed by atoms with Gasteiger partial charge < -0.3 is 4.74 Å². The van der Waals surface area contributed by atoms with E-state index in [0.29, 0.717) is 11.1 Å². The molecular formula is C16H13FN2O3. The molecule has 0 bridgehead atoms. The molecule has 0 aliphatic carbocycles. The summed E-state index contributed by atoms with van der Waals surface area (Å²) in [5, 5.41) is 3.75. The number of amides is 1. The van der Waals surface area contributed by atoms with Crippen LogP contribution in [0.1, 0.15) is 26.3 Å². The van der Waals surface area contributed by atoms with E-state index in [4.69, 9.17) is 0 Å². The second kappa shape index (κ2) is 7.12. The summed E-state index contributed by atoms with van der Waals surface area (Å²) < 4.78 is 18.0. The number of halogens is 1. The Labute approximate surface area is 126 Å². The number of rotatable bonds is 4. The van der Waals surface area contributed by atoms with Crippen LogP contribution in [0.3, 0.4) is 0 Å². The molecule has 6 heteroatoms. The lowest BCUT2D eigenvalue weighted by Gasteiger charge is -2.01. The van der Waals surface area contributed by atoms with Crippen molar-refractivity contribution in [1.82, 2.24) is 5.43 Å². The first-order valence-electron chi connectivity index (χ1n) is 6.38. The van der Waals surface area contributed by atoms with Crippen molar-refractivity contribution in [3.05, 3.63) is 71.0 Å². The summed E-state index contributed by atoms with van der Waals surface area (Å²) in [5.74, 6) is -1.69. The van der Waals surface area contributed by atoms with Crippen LogP contribution in [-0.4, -0.2) is 25.2 Å². The molecule has 1 amide bonds. The number of hydrogen-bond donors (Lipinski definition) is 1. The first kappa shape index (κ1) is 15.4. The van der Waals surface area contributed by atoms with Crippen LogP contribution in [0.2, 0.25) is 0 Å². The average Bonchev–Trinajstić information content (AvgIpc) is 2.55. The van der Waals surface area contributed by atoms with Crippen molar-refractivity contribution in [1.29, 1.82) is 0 Å². The van der Waals surface area contributed by atoms with Gasteiger partial charge in [-0.25, -0.2) is 14.6 Å². The summed E-state index contributed by atoms with van der Waals surface area (Å²) in [6.45, 7) is 0. The largest absolute Gasteiger partial charge is 0.465 e. The quantitative estimate of drug-likeness (QED) is 0.535. The smallest absolute Gasteiger partial charge is 0.337 e. The molecule has 0 aliphatic heterocycles. The zero-order chi connectivity index (χ0) is 15.9. The highest BCUT2D eigenvalue weighted by molar-refractivity contribution is 5.95. The van der Waals surface area contributed by atoms with Gasteiger partial charge in [0, 0.05) is 0 Å². The third-order valence-corrected chi connectivity index (χ3v) is 2.83. The predicted octanol–water partition coefficient (Wildman–Crippen LogP) is 2.38. The van der Waals surface area contributed by atoms with Crippen molar-refractivity contribution in [2.45, 2.75) is 0 Å². The zero-order valence-electron chi connectivity index (χ0n) is 11.7. The Morgan fingerprint density at radius 1 is 1.14 bits per heavy atom. The van der Waals surface area contributed by atoms with Gasteiger partial charge in [-0.3, -0.25) is 4.79 Å². The fraction of sp³-hybridized carbons (Fsp3) is 0.0625. The van der Waals surface area contributed by atoms with Crippen molar-refractivity contribution < 1.29 is 18.7 Å². The molecule has 2 aromatic rings. The van der Waals surface area contributed by atoms with E-state index in [1.165, 1.54) is 31.5 Å². The summed E-state index contributed by atoms with van der Waals surface area (Å²) in [7, 11) is 1.30. The zero-order valence-corrected chi connectivity index (χ0v) is 11.7. The molecule has 0 heterocycles. The van der Waals surface area contributed by atoms with Crippen molar-refractivity contribution >= 4 is 18.1 Å². The van der Waals surface area contributed by atoms with Gasteiger partial charge in [-0.1, -0.05) is 24.3 Å². The molecule has 0 radical (unpaired) electrons. The van der Waals surface area contributed by atoms with Crippen molar-refractivity contribution in [3.8, 4) is 0 Å². The van der Waals surface area contributed by atoms with Gasteiger partial charge in [-0.2, -0.15) is 5.10 Å². The molecule has 22 heavy (non-hydrogen) atoms. The molecule has 112 valence electrons. The first-order chi connectivity index (χ1) is 10.6. The van der Waals surface area contributed by atoms with Gasteiger partial charge in [0.05, 0.1) is 24.5 Å². The maximum absolute atomic E-state index is 13.4. The summed E-state index contributed by atoms with van der Waals surface area (Å²) >= 11 is 0. The van der Waals surface area contributed by atoms with Gasteiger partial charge in [-0.15, -0.1) is 0 Å². The number of nitrogens with one attached hydrogen (secondary N) is 1. The minimum Gasteiger partial charge on any atom is -0.465 e. The van der Waals surface area contributed by atoms with Crippen LogP contribution in [0.25, 0.3) is 0 Å². The second-order valence-corrected chi connectivity index (χ2v) is 4.29. The number of methoxy groups -OCH3 is 1. The SMILES string of the molecule is COC(=O)c1ccc(C=NNC(=O)c2ccccc2F)cc1. The van der Waals surface area contributed by atoms with Gasteiger partial charge in [0.15, 0.2) is 0 Å². The molecule has 1 N–H and O–H groups in total. The fourth-order valence-corrected chi connectivity index (χ4v) is 1.69. The van der Waals surface area contributed by atoms with Gasteiger partial charge in [-0.05, 0) is 29.8 Å². The van der Waals surface area contributed by atoms with E-state index in [9.17, 15) is 14.0 Å². The minimum absolute atomic E-state index is 0.0827. The number of carbonyl (C=O) groups excluding carboxylic acids is 2. The standard InChI is InChI=1S/C16H13FN2O3/c1-22-16(21)12-8-6-11(7-9-12)10-18-19-15(20)13-4-2-3-5-14(13)17/h2-10H,1H3,(H,19,20). The Bertz CT molecular complexity index is 712. The topological polar surface area (TPSA) is 67.8 Å². The van der Waals surface area contributed by atoms with Crippen LogP contribution in [0.5, 0.6) is 0 Å². The average molecular weight is 300 g/mol. The van der Waals surface area contributed by atoms with Crippen LogP contribution in [0.4, 0.5) is 4.39 Å². The van der Waals surface area contributed by atoms with Gasteiger partial charge in [0.1, 0.15) is 5.82 Å². The Morgan fingerprint density at radius 2 is 1.82 bits per heavy atom. The monoisotopic (exact) mass is 300 g/mol. The van der Waals surface area contributed by atoms with Crippen molar-refractivity contribution in [2.75, 3.05) is 7.11 Å². The summed E-state index contributed by atoms with van der Waals surface area (Å²) in [4.78, 5) is 23.0. The number of carbonyl (C=O) groups is 2. The molecule has 0 atom stereocenters. The highest BCUT2D eigenvalue weighted by Crippen LogP contribution is 2.06.